The fraction of sp³-hybridized carbons (Fsp3) is 0.857. The van der Waals surface area contributed by atoms with Crippen LogP contribution in [0.1, 0.15) is 65.7 Å². The maximum Gasteiger partial charge on any atom is 0.308 e. The minimum absolute atomic E-state index is 0.00683. The van der Waals surface area contributed by atoms with Gasteiger partial charge in [-0.2, -0.15) is 0 Å². The lowest BCUT2D eigenvalue weighted by Crippen LogP contribution is -2.18. The average molecular weight is 242 g/mol. The molecule has 0 aromatic heterocycles. The van der Waals surface area contributed by atoms with Crippen molar-refractivity contribution in [2.24, 2.45) is 5.92 Å². The maximum atomic E-state index is 11.5. The number of ether oxygens (including phenoxy) is 1. The van der Waals surface area contributed by atoms with Gasteiger partial charge in [0, 0.05) is 6.42 Å². The zero-order valence-electron chi connectivity index (χ0n) is 11.4. The Bertz CT molecular complexity index is 212. The SMILES string of the molecule is CC(C)OC(=O)C(C)CCCCCCCC=O. The van der Waals surface area contributed by atoms with Crippen LogP contribution in [0.4, 0.5) is 0 Å². The van der Waals surface area contributed by atoms with Crippen LogP contribution in [0.3, 0.4) is 0 Å². The van der Waals surface area contributed by atoms with Crippen LogP contribution in [-0.4, -0.2) is 18.4 Å². The van der Waals surface area contributed by atoms with Crippen LogP contribution in [0.5, 0.6) is 0 Å². The van der Waals surface area contributed by atoms with Crippen molar-refractivity contribution in [1.29, 1.82) is 0 Å². The van der Waals surface area contributed by atoms with E-state index in [4.69, 9.17) is 4.74 Å². The monoisotopic (exact) mass is 242 g/mol. The van der Waals surface area contributed by atoms with Gasteiger partial charge in [-0.05, 0) is 26.7 Å². The highest BCUT2D eigenvalue weighted by Crippen LogP contribution is 2.13. The van der Waals surface area contributed by atoms with Crippen LogP contribution in [0.25, 0.3) is 0 Å². The van der Waals surface area contributed by atoms with E-state index in [1.54, 1.807) is 0 Å². The van der Waals surface area contributed by atoms with Crippen LogP contribution in [0, 0.1) is 5.92 Å². The van der Waals surface area contributed by atoms with Gasteiger partial charge in [-0.15, -0.1) is 0 Å². The highest BCUT2D eigenvalue weighted by Gasteiger charge is 2.14. The molecule has 3 nitrogen and oxygen atoms in total. The molecular formula is C14H26O3. The Labute approximate surface area is 105 Å². The molecule has 0 aromatic carbocycles. The molecule has 0 aliphatic carbocycles. The lowest BCUT2D eigenvalue weighted by atomic mass is 10.0. The third-order valence-electron chi connectivity index (χ3n) is 2.71. The molecule has 0 N–H and O–H groups in total. The van der Waals surface area contributed by atoms with Gasteiger partial charge in [-0.3, -0.25) is 4.79 Å². The van der Waals surface area contributed by atoms with E-state index < -0.39 is 0 Å². The normalized spacial score (nSPS) is 12.5. The molecule has 0 rings (SSSR count). The van der Waals surface area contributed by atoms with Gasteiger partial charge in [-0.1, -0.05) is 32.6 Å². The molecule has 0 radical (unpaired) electrons. The fourth-order valence-electron chi connectivity index (χ4n) is 1.67. The summed E-state index contributed by atoms with van der Waals surface area (Å²) in [5.74, 6) is -0.0756. The van der Waals surface area contributed by atoms with Crippen molar-refractivity contribution in [2.45, 2.75) is 71.8 Å². The summed E-state index contributed by atoms with van der Waals surface area (Å²) >= 11 is 0. The number of rotatable bonds is 10. The first-order valence-corrected chi connectivity index (χ1v) is 6.72. The molecule has 1 unspecified atom stereocenters. The predicted octanol–water partition coefficient (Wildman–Crippen LogP) is 3.50. The molecule has 0 bridgehead atoms. The van der Waals surface area contributed by atoms with E-state index in [9.17, 15) is 9.59 Å². The second-order valence-electron chi connectivity index (χ2n) is 4.90. The number of hydrogen-bond acceptors (Lipinski definition) is 3. The number of aldehydes is 1. The quantitative estimate of drug-likeness (QED) is 0.334. The van der Waals surface area contributed by atoms with Crippen LogP contribution < -0.4 is 0 Å². The van der Waals surface area contributed by atoms with Gasteiger partial charge < -0.3 is 9.53 Å². The molecule has 0 fully saturated rings. The summed E-state index contributed by atoms with van der Waals surface area (Å²) in [6, 6.07) is 0. The summed E-state index contributed by atoms with van der Waals surface area (Å²) in [5, 5.41) is 0. The molecule has 1 atom stereocenters. The summed E-state index contributed by atoms with van der Waals surface area (Å²) in [5.41, 5.74) is 0. The zero-order chi connectivity index (χ0) is 13.1. The average Bonchev–Trinajstić information content (AvgIpc) is 2.26. The maximum absolute atomic E-state index is 11.5. The molecule has 100 valence electrons. The number of unbranched alkanes of at least 4 members (excludes halogenated alkanes) is 5. The molecule has 0 aliphatic heterocycles. The van der Waals surface area contributed by atoms with E-state index in [0.29, 0.717) is 6.42 Å². The third-order valence-corrected chi connectivity index (χ3v) is 2.71. The lowest BCUT2D eigenvalue weighted by Gasteiger charge is -2.13. The summed E-state index contributed by atoms with van der Waals surface area (Å²) < 4.78 is 5.14. The van der Waals surface area contributed by atoms with Crippen LogP contribution in [-0.2, 0) is 14.3 Å². The number of hydrogen-bond donors (Lipinski definition) is 0. The standard InChI is InChI=1S/C14H26O3/c1-12(2)17-14(16)13(3)10-8-6-4-5-7-9-11-15/h11-13H,4-10H2,1-3H3. The van der Waals surface area contributed by atoms with E-state index in [0.717, 1.165) is 44.8 Å². The van der Waals surface area contributed by atoms with Gasteiger partial charge in [0.25, 0.3) is 0 Å². The summed E-state index contributed by atoms with van der Waals surface area (Å²) in [4.78, 5) is 21.6. The highest BCUT2D eigenvalue weighted by atomic mass is 16.5. The molecule has 0 saturated heterocycles. The molecule has 0 aliphatic rings. The van der Waals surface area contributed by atoms with Crippen molar-refractivity contribution < 1.29 is 14.3 Å². The molecule has 0 aromatic rings. The van der Waals surface area contributed by atoms with Crippen molar-refractivity contribution in [2.75, 3.05) is 0 Å². The predicted molar refractivity (Wildman–Crippen MR) is 68.8 cm³/mol. The molecule has 0 heterocycles. The molecule has 0 spiro atoms. The molecule has 3 heteroatoms. The Balaban J connectivity index is 3.41. The van der Waals surface area contributed by atoms with Crippen molar-refractivity contribution in [3.05, 3.63) is 0 Å². The first-order chi connectivity index (χ1) is 8.07. The number of carbonyl (C=O) groups excluding carboxylic acids is 2. The summed E-state index contributed by atoms with van der Waals surface area (Å²) in [6.07, 6.45) is 8.00. The van der Waals surface area contributed by atoms with Crippen LogP contribution in [0.15, 0.2) is 0 Å². The highest BCUT2D eigenvalue weighted by molar-refractivity contribution is 5.72. The Morgan fingerprint density at radius 1 is 1.06 bits per heavy atom. The zero-order valence-corrected chi connectivity index (χ0v) is 11.4. The Morgan fingerprint density at radius 2 is 1.65 bits per heavy atom. The Kier molecular flexibility index (Phi) is 9.78. The molecule has 0 saturated carbocycles. The van der Waals surface area contributed by atoms with Gasteiger partial charge in [0.1, 0.15) is 6.29 Å². The van der Waals surface area contributed by atoms with Gasteiger partial charge in [0.15, 0.2) is 0 Å². The van der Waals surface area contributed by atoms with E-state index in [1.165, 1.54) is 0 Å². The van der Waals surface area contributed by atoms with Gasteiger partial charge >= 0.3 is 5.97 Å². The van der Waals surface area contributed by atoms with E-state index in [2.05, 4.69) is 0 Å². The lowest BCUT2D eigenvalue weighted by molar-refractivity contribution is -0.152. The van der Waals surface area contributed by atoms with Gasteiger partial charge in [0.2, 0.25) is 0 Å². The third kappa shape index (κ3) is 10.0. The smallest absolute Gasteiger partial charge is 0.308 e. The first-order valence-electron chi connectivity index (χ1n) is 6.72. The molecular weight excluding hydrogens is 216 g/mol. The summed E-state index contributed by atoms with van der Waals surface area (Å²) in [6.45, 7) is 5.67. The van der Waals surface area contributed by atoms with Crippen LogP contribution >= 0.6 is 0 Å². The van der Waals surface area contributed by atoms with Gasteiger partial charge in [0.05, 0.1) is 12.0 Å². The molecule has 17 heavy (non-hydrogen) atoms. The minimum Gasteiger partial charge on any atom is -0.463 e. The van der Waals surface area contributed by atoms with E-state index in [-0.39, 0.29) is 18.0 Å². The Morgan fingerprint density at radius 3 is 2.24 bits per heavy atom. The van der Waals surface area contributed by atoms with Crippen LogP contribution in [0.2, 0.25) is 0 Å². The topological polar surface area (TPSA) is 43.4 Å². The minimum atomic E-state index is -0.0824. The second-order valence-corrected chi connectivity index (χ2v) is 4.90. The van der Waals surface area contributed by atoms with Crippen molar-refractivity contribution >= 4 is 12.3 Å². The summed E-state index contributed by atoms with van der Waals surface area (Å²) in [7, 11) is 0. The number of esters is 1. The van der Waals surface area contributed by atoms with E-state index >= 15 is 0 Å². The first kappa shape index (κ1) is 16.1. The fourth-order valence-corrected chi connectivity index (χ4v) is 1.67. The van der Waals surface area contributed by atoms with Gasteiger partial charge in [-0.25, -0.2) is 0 Å². The largest absolute Gasteiger partial charge is 0.463 e. The second kappa shape index (κ2) is 10.3. The Hall–Kier alpha value is -0.860. The van der Waals surface area contributed by atoms with Crippen molar-refractivity contribution in [3.63, 3.8) is 0 Å². The molecule has 0 amide bonds. The number of carbonyl (C=O) groups is 2. The van der Waals surface area contributed by atoms with Crippen molar-refractivity contribution in [3.8, 4) is 0 Å². The van der Waals surface area contributed by atoms with Crippen molar-refractivity contribution in [1.82, 2.24) is 0 Å². The van der Waals surface area contributed by atoms with E-state index in [1.807, 2.05) is 20.8 Å².